The number of carbonyl (C=O) groups is 1. The highest BCUT2D eigenvalue weighted by Crippen LogP contribution is 2.55. The topological polar surface area (TPSA) is 46.3 Å². The third-order valence-corrected chi connectivity index (χ3v) is 3.56. The molecule has 3 heteroatoms. The van der Waals surface area contributed by atoms with Crippen LogP contribution in [0.25, 0.3) is 0 Å². The molecule has 2 fully saturated rings. The lowest BCUT2D eigenvalue weighted by Gasteiger charge is -2.19. The second-order valence-corrected chi connectivity index (χ2v) is 4.65. The smallest absolute Gasteiger partial charge is 0.236 e. The van der Waals surface area contributed by atoms with Gasteiger partial charge in [0.15, 0.2) is 0 Å². The van der Waals surface area contributed by atoms with E-state index in [1.165, 1.54) is 0 Å². The number of likely N-dealkylation sites (tertiary alicyclic amines) is 1. The SMILES string of the molecule is CC(C)C1C2CN(C(=O)CN)CC21. The molecule has 1 saturated heterocycles. The number of rotatable bonds is 2. The monoisotopic (exact) mass is 182 g/mol. The van der Waals surface area contributed by atoms with E-state index in [0.717, 1.165) is 36.8 Å². The first-order chi connectivity index (χ1) is 6.15. The molecule has 74 valence electrons. The number of fused-ring (bicyclic) bond motifs is 1. The molecule has 0 bridgehead atoms. The van der Waals surface area contributed by atoms with Crippen molar-refractivity contribution < 1.29 is 4.79 Å². The molecular formula is C10H18N2O. The summed E-state index contributed by atoms with van der Waals surface area (Å²) >= 11 is 0. The van der Waals surface area contributed by atoms with Gasteiger partial charge in [-0.2, -0.15) is 0 Å². The van der Waals surface area contributed by atoms with Gasteiger partial charge in [0.05, 0.1) is 6.54 Å². The van der Waals surface area contributed by atoms with Crippen molar-refractivity contribution >= 4 is 5.91 Å². The number of hydrogen-bond donors (Lipinski definition) is 1. The van der Waals surface area contributed by atoms with Crippen LogP contribution in [0.4, 0.5) is 0 Å². The maximum absolute atomic E-state index is 11.3. The summed E-state index contributed by atoms with van der Waals surface area (Å²) in [5, 5.41) is 0. The van der Waals surface area contributed by atoms with Crippen molar-refractivity contribution in [1.29, 1.82) is 0 Å². The number of piperidine rings is 1. The van der Waals surface area contributed by atoms with Gasteiger partial charge in [0.2, 0.25) is 5.91 Å². The number of nitrogens with zero attached hydrogens (tertiary/aromatic N) is 1. The lowest BCUT2D eigenvalue weighted by Crippen LogP contribution is -2.36. The molecule has 1 saturated carbocycles. The predicted octanol–water partition coefficient (Wildman–Crippen LogP) is 0.305. The van der Waals surface area contributed by atoms with Crippen molar-refractivity contribution in [3.05, 3.63) is 0 Å². The summed E-state index contributed by atoms with van der Waals surface area (Å²) in [5.41, 5.74) is 5.32. The first kappa shape index (κ1) is 9.00. The molecule has 3 nitrogen and oxygen atoms in total. The Morgan fingerprint density at radius 2 is 2.00 bits per heavy atom. The predicted molar refractivity (Wildman–Crippen MR) is 50.9 cm³/mol. The Morgan fingerprint density at radius 1 is 1.46 bits per heavy atom. The summed E-state index contributed by atoms with van der Waals surface area (Å²) < 4.78 is 0. The van der Waals surface area contributed by atoms with E-state index in [9.17, 15) is 4.79 Å². The van der Waals surface area contributed by atoms with Crippen molar-refractivity contribution in [3.8, 4) is 0 Å². The van der Waals surface area contributed by atoms with Gasteiger partial charge in [0.25, 0.3) is 0 Å². The van der Waals surface area contributed by atoms with Crippen LogP contribution in [0, 0.1) is 23.7 Å². The third-order valence-electron chi connectivity index (χ3n) is 3.56. The minimum atomic E-state index is 0.120. The van der Waals surface area contributed by atoms with Crippen LogP contribution in [0.3, 0.4) is 0 Å². The van der Waals surface area contributed by atoms with Gasteiger partial charge >= 0.3 is 0 Å². The molecule has 2 atom stereocenters. The van der Waals surface area contributed by atoms with Crippen LogP contribution in [-0.2, 0) is 4.79 Å². The summed E-state index contributed by atoms with van der Waals surface area (Å²) in [7, 11) is 0. The fraction of sp³-hybridized carbons (Fsp3) is 0.900. The zero-order chi connectivity index (χ0) is 9.59. The fourth-order valence-electron chi connectivity index (χ4n) is 2.89. The van der Waals surface area contributed by atoms with Crippen molar-refractivity contribution in [1.82, 2.24) is 4.90 Å². The molecule has 1 aliphatic heterocycles. The van der Waals surface area contributed by atoms with Crippen LogP contribution in [0.1, 0.15) is 13.8 Å². The van der Waals surface area contributed by atoms with Crippen LogP contribution in [0.15, 0.2) is 0 Å². The van der Waals surface area contributed by atoms with E-state index in [1.807, 2.05) is 4.90 Å². The van der Waals surface area contributed by atoms with Gasteiger partial charge in [-0.3, -0.25) is 4.79 Å². The number of carbonyl (C=O) groups excluding carboxylic acids is 1. The average molecular weight is 182 g/mol. The molecular weight excluding hydrogens is 164 g/mol. The zero-order valence-electron chi connectivity index (χ0n) is 8.36. The molecule has 2 aliphatic rings. The van der Waals surface area contributed by atoms with E-state index < -0.39 is 0 Å². The van der Waals surface area contributed by atoms with E-state index in [1.54, 1.807) is 0 Å². The van der Waals surface area contributed by atoms with Crippen molar-refractivity contribution in [2.75, 3.05) is 19.6 Å². The number of nitrogens with two attached hydrogens (primary N) is 1. The highest BCUT2D eigenvalue weighted by Gasteiger charge is 2.57. The molecule has 0 radical (unpaired) electrons. The molecule has 0 aromatic carbocycles. The first-order valence-electron chi connectivity index (χ1n) is 5.13. The van der Waals surface area contributed by atoms with Gasteiger partial charge in [-0.15, -0.1) is 0 Å². The van der Waals surface area contributed by atoms with Gasteiger partial charge in [-0.25, -0.2) is 0 Å². The van der Waals surface area contributed by atoms with Crippen LogP contribution in [-0.4, -0.2) is 30.4 Å². The molecule has 1 aliphatic carbocycles. The quantitative estimate of drug-likeness (QED) is 0.668. The minimum Gasteiger partial charge on any atom is -0.341 e. The van der Waals surface area contributed by atoms with Gasteiger partial charge in [-0.1, -0.05) is 13.8 Å². The second kappa shape index (κ2) is 2.98. The second-order valence-electron chi connectivity index (χ2n) is 4.65. The highest BCUT2D eigenvalue weighted by molar-refractivity contribution is 5.78. The maximum atomic E-state index is 11.3. The van der Waals surface area contributed by atoms with Gasteiger partial charge in [-0.05, 0) is 23.7 Å². The van der Waals surface area contributed by atoms with Gasteiger partial charge < -0.3 is 10.6 Å². The van der Waals surface area contributed by atoms with E-state index in [0.29, 0.717) is 0 Å². The molecule has 0 spiro atoms. The lowest BCUT2D eigenvalue weighted by atomic mass is 10.0. The Hall–Kier alpha value is -0.570. The van der Waals surface area contributed by atoms with Gasteiger partial charge in [0, 0.05) is 13.1 Å². The first-order valence-corrected chi connectivity index (χ1v) is 5.13. The fourth-order valence-corrected chi connectivity index (χ4v) is 2.89. The number of amides is 1. The normalized spacial score (nSPS) is 36.6. The Balaban J connectivity index is 1.86. The highest BCUT2D eigenvalue weighted by atomic mass is 16.2. The summed E-state index contributed by atoms with van der Waals surface area (Å²) in [6.07, 6.45) is 0. The minimum absolute atomic E-state index is 0.120. The standard InChI is InChI=1S/C10H18N2O/c1-6(2)10-7-4-12(5-8(7)10)9(13)3-11/h6-8,10H,3-5,11H2,1-2H3. The van der Waals surface area contributed by atoms with E-state index in [-0.39, 0.29) is 12.5 Å². The Bertz CT molecular complexity index is 215. The van der Waals surface area contributed by atoms with Gasteiger partial charge in [0.1, 0.15) is 0 Å². The summed E-state index contributed by atoms with van der Waals surface area (Å²) in [5.74, 6) is 3.35. The molecule has 13 heavy (non-hydrogen) atoms. The molecule has 0 aromatic rings. The zero-order valence-corrected chi connectivity index (χ0v) is 8.36. The Labute approximate surface area is 79.3 Å². The molecule has 2 rings (SSSR count). The molecule has 0 aromatic heterocycles. The van der Waals surface area contributed by atoms with Crippen LogP contribution < -0.4 is 5.73 Å². The molecule has 1 heterocycles. The number of hydrogen-bond acceptors (Lipinski definition) is 2. The summed E-state index contributed by atoms with van der Waals surface area (Å²) in [4.78, 5) is 13.2. The molecule has 2 N–H and O–H groups in total. The van der Waals surface area contributed by atoms with Crippen LogP contribution >= 0.6 is 0 Å². The summed E-state index contributed by atoms with van der Waals surface area (Å²) in [6.45, 7) is 6.65. The molecule has 2 unspecified atom stereocenters. The Kier molecular flexibility index (Phi) is 2.06. The van der Waals surface area contributed by atoms with E-state index in [4.69, 9.17) is 5.73 Å². The van der Waals surface area contributed by atoms with E-state index >= 15 is 0 Å². The van der Waals surface area contributed by atoms with Crippen molar-refractivity contribution in [3.63, 3.8) is 0 Å². The third kappa shape index (κ3) is 1.35. The maximum Gasteiger partial charge on any atom is 0.236 e. The lowest BCUT2D eigenvalue weighted by molar-refractivity contribution is -0.129. The Morgan fingerprint density at radius 3 is 2.38 bits per heavy atom. The molecule has 1 amide bonds. The summed E-state index contributed by atoms with van der Waals surface area (Å²) in [6, 6.07) is 0. The largest absolute Gasteiger partial charge is 0.341 e. The van der Waals surface area contributed by atoms with Crippen molar-refractivity contribution in [2.45, 2.75) is 13.8 Å². The van der Waals surface area contributed by atoms with Crippen LogP contribution in [0.2, 0.25) is 0 Å². The average Bonchev–Trinajstić information content (AvgIpc) is 2.62. The van der Waals surface area contributed by atoms with Crippen molar-refractivity contribution in [2.24, 2.45) is 29.4 Å². The van der Waals surface area contributed by atoms with E-state index in [2.05, 4.69) is 13.8 Å². The van der Waals surface area contributed by atoms with Crippen LogP contribution in [0.5, 0.6) is 0 Å².